The molecule has 0 spiro atoms. The highest BCUT2D eigenvalue weighted by atomic mass is 35.5. The van der Waals surface area contributed by atoms with Crippen LogP contribution in [0.3, 0.4) is 0 Å². The lowest BCUT2D eigenvalue weighted by Gasteiger charge is -2.12. The number of carbonyl (C=O) groups excluding carboxylic acids is 1. The third-order valence-corrected chi connectivity index (χ3v) is 3.81. The quantitative estimate of drug-likeness (QED) is 0.424. The van der Waals surface area contributed by atoms with Gasteiger partial charge in [-0.1, -0.05) is 31.0 Å². The second kappa shape index (κ2) is 8.58. The molecule has 2 aromatic rings. The van der Waals surface area contributed by atoms with E-state index in [0.29, 0.717) is 10.8 Å². The predicted octanol–water partition coefficient (Wildman–Crippen LogP) is 3.83. The Morgan fingerprint density at radius 3 is 2.76 bits per heavy atom. The fraction of sp³-hybridized carbons (Fsp3) is 0.333. The Bertz CT molecular complexity index is 783. The molecule has 7 heteroatoms. The third-order valence-electron chi connectivity index (χ3n) is 3.49. The Morgan fingerprint density at radius 1 is 1.36 bits per heavy atom. The number of methoxy groups -OCH3 is 2. The van der Waals surface area contributed by atoms with Gasteiger partial charge in [-0.15, -0.1) is 0 Å². The zero-order valence-corrected chi connectivity index (χ0v) is 15.5. The summed E-state index contributed by atoms with van der Waals surface area (Å²) in [5, 5.41) is 5.13. The van der Waals surface area contributed by atoms with Gasteiger partial charge < -0.3 is 14.2 Å². The first-order chi connectivity index (χ1) is 12.0. The maximum Gasteiger partial charge on any atom is 0.377 e. The molecule has 0 aliphatic carbocycles. The van der Waals surface area contributed by atoms with Crippen molar-refractivity contribution in [3.63, 3.8) is 0 Å². The summed E-state index contributed by atoms with van der Waals surface area (Å²) < 4.78 is 16.9. The van der Waals surface area contributed by atoms with Crippen molar-refractivity contribution in [2.45, 2.75) is 26.7 Å². The summed E-state index contributed by atoms with van der Waals surface area (Å²) in [6.07, 6.45) is 4.72. The van der Waals surface area contributed by atoms with Gasteiger partial charge in [-0.2, -0.15) is 5.10 Å². The number of aryl methyl sites for hydroxylation is 2. The largest absolute Gasteiger partial charge is 0.500 e. The van der Waals surface area contributed by atoms with Crippen molar-refractivity contribution >= 4 is 17.6 Å². The molecule has 0 atom stereocenters. The van der Waals surface area contributed by atoms with E-state index >= 15 is 0 Å². The van der Waals surface area contributed by atoms with Gasteiger partial charge in [-0.25, -0.2) is 9.48 Å². The molecule has 6 nitrogen and oxygen atoms in total. The number of rotatable bonds is 7. The molecule has 0 radical (unpaired) electrons. The fourth-order valence-corrected chi connectivity index (χ4v) is 2.43. The van der Waals surface area contributed by atoms with Gasteiger partial charge in [0.1, 0.15) is 12.0 Å². The Kier molecular flexibility index (Phi) is 6.47. The summed E-state index contributed by atoms with van der Waals surface area (Å²) in [6.45, 7) is 3.95. The summed E-state index contributed by atoms with van der Waals surface area (Å²) in [4.78, 5) is 11.8. The first-order valence-electron chi connectivity index (χ1n) is 7.84. The Morgan fingerprint density at radius 2 is 2.12 bits per heavy atom. The van der Waals surface area contributed by atoms with Gasteiger partial charge in [0.2, 0.25) is 5.76 Å². The normalized spacial score (nSPS) is 11.3. The maximum atomic E-state index is 11.8. The summed E-state index contributed by atoms with van der Waals surface area (Å²) >= 11 is 6.23. The molecular formula is C18H21ClN2O4. The molecule has 2 rings (SSSR count). The van der Waals surface area contributed by atoms with Crippen LogP contribution in [0, 0.1) is 6.92 Å². The summed E-state index contributed by atoms with van der Waals surface area (Å²) in [5.74, 6) is -0.177. The topological polar surface area (TPSA) is 62.6 Å². The first-order valence-corrected chi connectivity index (χ1v) is 8.22. The minimum atomic E-state index is -0.626. The van der Waals surface area contributed by atoms with Gasteiger partial charge in [-0.05, 0) is 25.0 Å². The molecule has 0 aliphatic rings. The van der Waals surface area contributed by atoms with Crippen LogP contribution in [-0.4, -0.2) is 30.0 Å². The first kappa shape index (κ1) is 18.9. The molecule has 1 aromatic heterocycles. The lowest BCUT2D eigenvalue weighted by molar-refractivity contribution is -0.138. The smallest absolute Gasteiger partial charge is 0.377 e. The Hall–Kier alpha value is -2.47. The van der Waals surface area contributed by atoms with E-state index in [1.165, 1.54) is 20.5 Å². The number of carbonyl (C=O) groups is 1. The number of nitrogens with zero attached hydrogens (tertiary/aromatic N) is 2. The van der Waals surface area contributed by atoms with E-state index in [4.69, 9.17) is 25.8 Å². The van der Waals surface area contributed by atoms with Crippen LogP contribution in [0.5, 0.6) is 5.75 Å². The molecule has 0 aliphatic heterocycles. The number of benzene rings is 1. The molecule has 1 aromatic carbocycles. The van der Waals surface area contributed by atoms with Gasteiger partial charge in [0, 0.05) is 12.3 Å². The zero-order valence-electron chi connectivity index (χ0n) is 14.7. The highest BCUT2D eigenvalue weighted by molar-refractivity contribution is 6.31. The highest BCUT2D eigenvalue weighted by Gasteiger charge is 2.16. The monoisotopic (exact) mass is 364 g/mol. The lowest BCUT2D eigenvalue weighted by Crippen LogP contribution is -2.12. The van der Waals surface area contributed by atoms with Gasteiger partial charge >= 0.3 is 5.97 Å². The molecule has 0 fully saturated rings. The average molecular weight is 365 g/mol. The molecular weight excluding hydrogens is 344 g/mol. The van der Waals surface area contributed by atoms with Crippen molar-refractivity contribution in [2.24, 2.45) is 0 Å². The number of esters is 1. The number of hydrogen-bond donors (Lipinski definition) is 0. The van der Waals surface area contributed by atoms with Crippen molar-refractivity contribution in [1.82, 2.24) is 9.78 Å². The van der Waals surface area contributed by atoms with Crippen LogP contribution >= 0.6 is 11.6 Å². The SMILES string of the molecule is CCCc1nn(-c2ccc(C)c(O/C(=C\OC)C(=O)OC)c2)cc1Cl. The van der Waals surface area contributed by atoms with E-state index in [0.717, 1.165) is 29.8 Å². The van der Waals surface area contributed by atoms with Crippen LogP contribution in [0.1, 0.15) is 24.6 Å². The van der Waals surface area contributed by atoms with Gasteiger partial charge in [0.05, 0.1) is 30.6 Å². The van der Waals surface area contributed by atoms with Crippen LogP contribution < -0.4 is 4.74 Å². The van der Waals surface area contributed by atoms with Crippen LogP contribution in [0.25, 0.3) is 5.69 Å². The van der Waals surface area contributed by atoms with Crippen LogP contribution in [0.15, 0.2) is 36.4 Å². The standard InChI is InChI=1S/C18H21ClN2O4/c1-5-6-15-14(19)10-21(20-15)13-8-7-12(2)16(9-13)25-17(11-23-3)18(22)24-4/h7-11H,5-6H2,1-4H3/b17-11-. The Labute approximate surface area is 151 Å². The minimum Gasteiger partial charge on any atom is -0.500 e. The number of hydrogen-bond acceptors (Lipinski definition) is 5. The molecule has 0 N–H and O–H groups in total. The van der Waals surface area contributed by atoms with Crippen LogP contribution in [0.4, 0.5) is 0 Å². The second-order valence-electron chi connectivity index (χ2n) is 5.38. The lowest BCUT2D eigenvalue weighted by atomic mass is 10.2. The summed E-state index contributed by atoms with van der Waals surface area (Å²) in [7, 11) is 2.70. The second-order valence-corrected chi connectivity index (χ2v) is 5.79. The predicted molar refractivity (Wildman–Crippen MR) is 95.0 cm³/mol. The third kappa shape index (κ3) is 4.54. The molecule has 0 amide bonds. The number of halogens is 1. The van der Waals surface area contributed by atoms with E-state index in [9.17, 15) is 4.79 Å². The van der Waals surface area contributed by atoms with Crippen LogP contribution in [-0.2, 0) is 20.7 Å². The van der Waals surface area contributed by atoms with Crippen molar-refractivity contribution in [3.8, 4) is 11.4 Å². The van der Waals surface area contributed by atoms with Gasteiger partial charge in [0.15, 0.2) is 0 Å². The fourth-order valence-electron chi connectivity index (χ4n) is 2.21. The molecule has 0 unspecified atom stereocenters. The van der Waals surface area contributed by atoms with Crippen LogP contribution in [0.2, 0.25) is 5.02 Å². The van der Waals surface area contributed by atoms with E-state index in [1.54, 1.807) is 16.9 Å². The van der Waals surface area contributed by atoms with E-state index in [-0.39, 0.29) is 5.76 Å². The molecule has 0 saturated heterocycles. The minimum absolute atomic E-state index is 0.0459. The van der Waals surface area contributed by atoms with Crippen molar-refractivity contribution in [1.29, 1.82) is 0 Å². The van der Waals surface area contributed by atoms with Gasteiger partial charge in [-0.3, -0.25) is 0 Å². The van der Waals surface area contributed by atoms with E-state index < -0.39 is 5.97 Å². The summed E-state index contributed by atoms with van der Waals surface area (Å²) in [6, 6.07) is 5.56. The highest BCUT2D eigenvalue weighted by Crippen LogP contribution is 2.26. The van der Waals surface area contributed by atoms with Crippen molar-refractivity contribution in [2.75, 3.05) is 14.2 Å². The summed E-state index contributed by atoms with van der Waals surface area (Å²) in [5.41, 5.74) is 2.47. The number of ether oxygens (including phenoxy) is 3. The maximum absolute atomic E-state index is 11.8. The van der Waals surface area contributed by atoms with E-state index in [2.05, 4.69) is 12.0 Å². The molecule has 25 heavy (non-hydrogen) atoms. The van der Waals surface area contributed by atoms with E-state index in [1.807, 2.05) is 19.1 Å². The molecule has 1 heterocycles. The van der Waals surface area contributed by atoms with Gasteiger partial charge in [0.25, 0.3) is 0 Å². The number of aromatic nitrogens is 2. The van der Waals surface area contributed by atoms with Crippen molar-refractivity contribution in [3.05, 3.63) is 52.7 Å². The Balaban J connectivity index is 2.35. The average Bonchev–Trinajstić information content (AvgIpc) is 2.96. The van der Waals surface area contributed by atoms with Crippen molar-refractivity contribution < 1.29 is 19.0 Å². The molecule has 134 valence electrons. The molecule has 0 bridgehead atoms. The zero-order chi connectivity index (χ0) is 18.4. The molecule has 0 saturated carbocycles.